The van der Waals surface area contributed by atoms with Gasteiger partial charge < -0.3 is 11.1 Å². The van der Waals surface area contributed by atoms with Crippen molar-refractivity contribution in [2.24, 2.45) is 5.73 Å². The molecule has 0 aliphatic heterocycles. The first-order chi connectivity index (χ1) is 5.18. The fraction of sp³-hybridized carbons (Fsp3) is 0.857. The van der Waals surface area contributed by atoms with Crippen LogP contribution in [0.3, 0.4) is 0 Å². The van der Waals surface area contributed by atoms with Gasteiger partial charge in [-0.2, -0.15) is 11.8 Å². The van der Waals surface area contributed by atoms with Crippen molar-refractivity contribution >= 4 is 17.7 Å². The maximum Gasteiger partial charge on any atom is 0.234 e. The number of primary amides is 1. The lowest BCUT2D eigenvalue weighted by Crippen LogP contribution is -2.39. The molecule has 0 rings (SSSR count). The maximum atomic E-state index is 10.5. The third-order valence-electron chi connectivity index (χ3n) is 1.33. The van der Waals surface area contributed by atoms with Crippen LogP contribution in [-0.4, -0.2) is 30.0 Å². The normalized spacial score (nSPS) is 12.9. The lowest BCUT2D eigenvalue weighted by Gasteiger charge is -2.08. The van der Waals surface area contributed by atoms with Gasteiger partial charge in [0, 0.05) is 12.3 Å². The molecule has 3 N–H and O–H groups in total. The first-order valence-electron chi connectivity index (χ1n) is 3.79. The Kier molecular flexibility index (Phi) is 6.36. The summed E-state index contributed by atoms with van der Waals surface area (Å²) in [7, 11) is 0. The molecule has 0 aromatic rings. The highest BCUT2D eigenvalue weighted by Crippen LogP contribution is 1.95. The molecule has 0 aromatic carbocycles. The number of nitrogens with two attached hydrogens (primary N) is 1. The molecule has 3 nitrogen and oxygen atoms in total. The standard InChI is InChI=1S/C7H16N2OS/c1-3-11-5-4-9-6(2)7(8)10/h6,9H,3-5H2,1-2H3,(H2,8,10). The summed E-state index contributed by atoms with van der Waals surface area (Å²) in [5.41, 5.74) is 5.04. The number of rotatable bonds is 6. The van der Waals surface area contributed by atoms with Crippen molar-refractivity contribution in [1.82, 2.24) is 5.32 Å². The van der Waals surface area contributed by atoms with Crippen molar-refractivity contribution in [3.05, 3.63) is 0 Å². The fourth-order valence-electron chi connectivity index (χ4n) is 0.593. The fourth-order valence-corrected chi connectivity index (χ4v) is 1.14. The maximum absolute atomic E-state index is 10.5. The minimum Gasteiger partial charge on any atom is -0.368 e. The van der Waals surface area contributed by atoms with Crippen molar-refractivity contribution in [2.75, 3.05) is 18.1 Å². The number of hydrogen-bond donors (Lipinski definition) is 2. The Hall–Kier alpha value is -0.220. The summed E-state index contributed by atoms with van der Waals surface area (Å²) in [5.74, 6) is 1.87. The van der Waals surface area contributed by atoms with Crippen LogP contribution >= 0.6 is 11.8 Å². The largest absolute Gasteiger partial charge is 0.368 e. The zero-order chi connectivity index (χ0) is 8.69. The van der Waals surface area contributed by atoms with E-state index in [2.05, 4.69) is 12.2 Å². The Morgan fingerprint density at radius 3 is 2.82 bits per heavy atom. The van der Waals surface area contributed by atoms with Gasteiger partial charge in [-0.15, -0.1) is 0 Å². The predicted molar refractivity (Wildman–Crippen MR) is 49.7 cm³/mol. The van der Waals surface area contributed by atoms with E-state index in [0.717, 1.165) is 18.1 Å². The number of thioether (sulfide) groups is 1. The smallest absolute Gasteiger partial charge is 0.234 e. The Balaban J connectivity index is 3.17. The average Bonchev–Trinajstić information content (AvgIpc) is 1.97. The SMILES string of the molecule is CCSCCNC(C)C(N)=O. The van der Waals surface area contributed by atoms with Crippen LogP contribution < -0.4 is 11.1 Å². The van der Waals surface area contributed by atoms with Crippen LogP contribution in [0.5, 0.6) is 0 Å². The third kappa shape index (κ3) is 6.19. The highest BCUT2D eigenvalue weighted by molar-refractivity contribution is 7.99. The van der Waals surface area contributed by atoms with Crippen LogP contribution in [0.4, 0.5) is 0 Å². The molecule has 0 heterocycles. The van der Waals surface area contributed by atoms with Crippen molar-refractivity contribution in [1.29, 1.82) is 0 Å². The predicted octanol–water partition coefficient (Wildman–Crippen LogP) is 0.203. The van der Waals surface area contributed by atoms with E-state index in [1.54, 1.807) is 6.92 Å². The van der Waals surface area contributed by atoms with Crippen LogP contribution in [-0.2, 0) is 4.79 Å². The molecule has 0 aliphatic carbocycles. The van der Waals surface area contributed by atoms with Gasteiger partial charge in [-0.1, -0.05) is 6.92 Å². The number of amides is 1. The minimum atomic E-state index is -0.286. The van der Waals surface area contributed by atoms with E-state index in [-0.39, 0.29) is 11.9 Å². The second-order valence-electron chi connectivity index (χ2n) is 2.28. The van der Waals surface area contributed by atoms with Crippen LogP contribution in [0.25, 0.3) is 0 Å². The van der Waals surface area contributed by atoms with Crippen molar-refractivity contribution < 1.29 is 4.79 Å². The molecule has 0 spiro atoms. The van der Waals surface area contributed by atoms with Gasteiger partial charge in [0.2, 0.25) is 5.91 Å². The van der Waals surface area contributed by atoms with Gasteiger partial charge in [-0.25, -0.2) is 0 Å². The Morgan fingerprint density at radius 1 is 1.73 bits per heavy atom. The van der Waals surface area contributed by atoms with Gasteiger partial charge in [0.25, 0.3) is 0 Å². The van der Waals surface area contributed by atoms with E-state index in [9.17, 15) is 4.79 Å². The first-order valence-corrected chi connectivity index (χ1v) is 4.94. The molecule has 0 bridgehead atoms. The number of hydrogen-bond acceptors (Lipinski definition) is 3. The third-order valence-corrected chi connectivity index (χ3v) is 2.23. The van der Waals surface area contributed by atoms with E-state index in [1.807, 2.05) is 11.8 Å². The molecule has 0 saturated heterocycles. The molecule has 0 saturated carbocycles. The van der Waals surface area contributed by atoms with Crippen LogP contribution in [0.1, 0.15) is 13.8 Å². The molecule has 11 heavy (non-hydrogen) atoms. The van der Waals surface area contributed by atoms with E-state index in [4.69, 9.17) is 5.73 Å². The quantitative estimate of drug-likeness (QED) is 0.569. The molecule has 0 fully saturated rings. The Bertz CT molecular complexity index is 119. The van der Waals surface area contributed by atoms with E-state index >= 15 is 0 Å². The number of carbonyl (C=O) groups excluding carboxylic acids is 1. The summed E-state index contributed by atoms with van der Waals surface area (Å²) in [4.78, 5) is 10.5. The molecule has 0 aliphatic rings. The molecule has 1 amide bonds. The second-order valence-corrected chi connectivity index (χ2v) is 3.67. The molecular formula is C7H16N2OS. The Morgan fingerprint density at radius 2 is 2.36 bits per heavy atom. The summed E-state index contributed by atoms with van der Waals surface area (Å²) in [6.07, 6.45) is 0. The van der Waals surface area contributed by atoms with Crippen LogP contribution in [0, 0.1) is 0 Å². The first kappa shape index (κ1) is 10.8. The lowest BCUT2D eigenvalue weighted by atomic mass is 10.3. The second kappa shape index (κ2) is 6.49. The highest BCUT2D eigenvalue weighted by atomic mass is 32.2. The number of nitrogens with one attached hydrogen (secondary N) is 1. The topological polar surface area (TPSA) is 55.1 Å². The molecule has 4 heteroatoms. The van der Waals surface area contributed by atoms with Crippen LogP contribution in [0.2, 0.25) is 0 Å². The van der Waals surface area contributed by atoms with Crippen molar-refractivity contribution in [3.8, 4) is 0 Å². The monoisotopic (exact) mass is 176 g/mol. The van der Waals surface area contributed by atoms with Gasteiger partial charge in [0.1, 0.15) is 0 Å². The molecule has 66 valence electrons. The van der Waals surface area contributed by atoms with Crippen molar-refractivity contribution in [2.45, 2.75) is 19.9 Å². The zero-order valence-electron chi connectivity index (χ0n) is 7.09. The van der Waals surface area contributed by atoms with Crippen LogP contribution in [0.15, 0.2) is 0 Å². The Labute approximate surface area is 72.1 Å². The van der Waals surface area contributed by atoms with E-state index in [1.165, 1.54) is 0 Å². The highest BCUT2D eigenvalue weighted by Gasteiger charge is 2.05. The van der Waals surface area contributed by atoms with Gasteiger partial charge in [0.15, 0.2) is 0 Å². The summed E-state index contributed by atoms with van der Waals surface area (Å²) in [6.45, 7) is 4.74. The van der Waals surface area contributed by atoms with E-state index in [0.29, 0.717) is 0 Å². The van der Waals surface area contributed by atoms with Crippen molar-refractivity contribution in [3.63, 3.8) is 0 Å². The summed E-state index contributed by atoms with van der Waals surface area (Å²) >= 11 is 1.85. The minimum absolute atomic E-state index is 0.201. The number of carbonyl (C=O) groups is 1. The summed E-state index contributed by atoms with van der Waals surface area (Å²) in [6, 6.07) is -0.201. The molecular weight excluding hydrogens is 160 g/mol. The molecule has 1 unspecified atom stereocenters. The lowest BCUT2D eigenvalue weighted by molar-refractivity contribution is -0.119. The van der Waals surface area contributed by atoms with Gasteiger partial charge >= 0.3 is 0 Å². The van der Waals surface area contributed by atoms with E-state index < -0.39 is 0 Å². The average molecular weight is 176 g/mol. The zero-order valence-corrected chi connectivity index (χ0v) is 7.91. The van der Waals surface area contributed by atoms with Gasteiger partial charge in [0.05, 0.1) is 6.04 Å². The molecule has 1 atom stereocenters. The molecule has 0 radical (unpaired) electrons. The summed E-state index contributed by atoms with van der Waals surface area (Å²) < 4.78 is 0. The van der Waals surface area contributed by atoms with Gasteiger partial charge in [-0.3, -0.25) is 4.79 Å². The molecule has 0 aromatic heterocycles. The van der Waals surface area contributed by atoms with Gasteiger partial charge in [-0.05, 0) is 12.7 Å². The summed E-state index contributed by atoms with van der Waals surface area (Å²) in [5, 5.41) is 3.02.